The highest BCUT2D eigenvalue weighted by Gasteiger charge is 2.07. The Morgan fingerprint density at radius 2 is 1.85 bits per heavy atom. The molecule has 2 rings (SSSR count). The van der Waals surface area contributed by atoms with Crippen LogP contribution < -0.4 is 14.8 Å². The summed E-state index contributed by atoms with van der Waals surface area (Å²) >= 11 is 0. The molecule has 2 N–H and O–H groups in total. The molecule has 3 nitrogen and oxygen atoms in total. The molecular formula is C16H19FNO2+. The molecule has 0 aliphatic heterocycles. The first-order valence-electron chi connectivity index (χ1n) is 6.50. The smallest absolute Gasteiger partial charge is 0.131 e. The third-order valence-electron chi connectivity index (χ3n) is 3.13. The summed E-state index contributed by atoms with van der Waals surface area (Å²) in [4.78, 5) is 0. The fourth-order valence-electron chi connectivity index (χ4n) is 2.08. The van der Waals surface area contributed by atoms with E-state index in [-0.39, 0.29) is 5.82 Å². The second kappa shape index (κ2) is 6.91. The Kier molecular flexibility index (Phi) is 4.96. The van der Waals surface area contributed by atoms with Crippen LogP contribution in [-0.2, 0) is 13.1 Å². The molecule has 0 saturated carbocycles. The molecule has 0 amide bonds. The summed E-state index contributed by atoms with van der Waals surface area (Å²) in [6.45, 7) is 1.50. The predicted octanol–water partition coefficient (Wildman–Crippen LogP) is 2.11. The normalized spacial score (nSPS) is 10.3. The van der Waals surface area contributed by atoms with Gasteiger partial charge in [0.2, 0.25) is 0 Å². The maximum atomic E-state index is 13.1. The zero-order chi connectivity index (χ0) is 14.4. The van der Waals surface area contributed by atoms with Gasteiger partial charge in [0.15, 0.2) is 0 Å². The largest absolute Gasteiger partial charge is 0.497 e. The summed E-state index contributed by atoms with van der Waals surface area (Å²) < 4.78 is 23.6. The molecule has 20 heavy (non-hydrogen) atoms. The lowest BCUT2D eigenvalue weighted by Crippen LogP contribution is -2.80. The topological polar surface area (TPSA) is 35.1 Å². The van der Waals surface area contributed by atoms with Crippen molar-refractivity contribution in [2.24, 2.45) is 0 Å². The minimum Gasteiger partial charge on any atom is -0.497 e. The van der Waals surface area contributed by atoms with Crippen LogP contribution in [0.1, 0.15) is 11.1 Å². The lowest BCUT2D eigenvalue weighted by atomic mass is 10.1. The Morgan fingerprint density at radius 3 is 2.55 bits per heavy atom. The SMILES string of the molecule is COc1ccc(C[NH2+]Cc2cccc(F)c2)c(OC)c1. The van der Waals surface area contributed by atoms with Crippen molar-refractivity contribution in [1.29, 1.82) is 0 Å². The van der Waals surface area contributed by atoms with Crippen molar-refractivity contribution < 1.29 is 19.2 Å². The Bertz CT molecular complexity index is 572. The van der Waals surface area contributed by atoms with E-state index in [2.05, 4.69) is 5.32 Å². The maximum Gasteiger partial charge on any atom is 0.131 e. The van der Waals surface area contributed by atoms with Gasteiger partial charge in [-0.2, -0.15) is 0 Å². The summed E-state index contributed by atoms with van der Waals surface area (Å²) in [5.74, 6) is 1.38. The van der Waals surface area contributed by atoms with E-state index in [0.717, 1.165) is 35.7 Å². The maximum absolute atomic E-state index is 13.1. The van der Waals surface area contributed by atoms with Crippen molar-refractivity contribution in [3.63, 3.8) is 0 Å². The number of methoxy groups -OCH3 is 2. The van der Waals surface area contributed by atoms with Crippen LogP contribution in [0, 0.1) is 5.82 Å². The van der Waals surface area contributed by atoms with Crippen LogP contribution >= 0.6 is 0 Å². The number of nitrogens with two attached hydrogens (primary N) is 1. The van der Waals surface area contributed by atoms with Gasteiger partial charge in [0.25, 0.3) is 0 Å². The summed E-state index contributed by atoms with van der Waals surface area (Å²) in [6, 6.07) is 12.4. The quantitative estimate of drug-likeness (QED) is 0.877. The molecule has 0 bridgehead atoms. The minimum atomic E-state index is -0.196. The van der Waals surface area contributed by atoms with E-state index >= 15 is 0 Å². The van der Waals surface area contributed by atoms with E-state index in [4.69, 9.17) is 9.47 Å². The molecule has 4 heteroatoms. The highest BCUT2D eigenvalue weighted by atomic mass is 19.1. The van der Waals surface area contributed by atoms with Crippen LogP contribution in [0.5, 0.6) is 11.5 Å². The Labute approximate surface area is 118 Å². The number of halogens is 1. The van der Waals surface area contributed by atoms with Crippen molar-refractivity contribution in [3.05, 3.63) is 59.4 Å². The zero-order valence-electron chi connectivity index (χ0n) is 11.7. The van der Waals surface area contributed by atoms with E-state index in [9.17, 15) is 4.39 Å². The number of quaternary nitrogens is 1. The van der Waals surface area contributed by atoms with Gasteiger partial charge in [-0.05, 0) is 24.3 Å². The first-order valence-corrected chi connectivity index (χ1v) is 6.50. The minimum absolute atomic E-state index is 0.196. The molecule has 106 valence electrons. The van der Waals surface area contributed by atoms with Crippen LogP contribution in [0.3, 0.4) is 0 Å². The third kappa shape index (κ3) is 3.71. The van der Waals surface area contributed by atoms with Gasteiger partial charge < -0.3 is 14.8 Å². The molecule has 0 aliphatic rings. The monoisotopic (exact) mass is 276 g/mol. The second-order valence-electron chi connectivity index (χ2n) is 4.50. The highest BCUT2D eigenvalue weighted by molar-refractivity contribution is 5.40. The fraction of sp³-hybridized carbons (Fsp3) is 0.250. The van der Waals surface area contributed by atoms with Gasteiger partial charge in [-0.25, -0.2) is 4.39 Å². The van der Waals surface area contributed by atoms with Gasteiger partial charge in [0.05, 0.1) is 14.2 Å². The van der Waals surface area contributed by atoms with Gasteiger partial charge in [-0.1, -0.05) is 12.1 Å². The average molecular weight is 276 g/mol. The Hall–Kier alpha value is -2.07. The molecular weight excluding hydrogens is 257 g/mol. The van der Waals surface area contributed by atoms with Gasteiger partial charge >= 0.3 is 0 Å². The van der Waals surface area contributed by atoms with E-state index in [0.29, 0.717) is 0 Å². The molecule has 0 saturated heterocycles. The zero-order valence-corrected chi connectivity index (χ0v) is 11.7. The molecule has 0 heterocycles. The lowest BCUT2D eigenvalue weighted by molar-refractivity contribution is -0.686. The van der Waals surface area contributed by atoms with Crippen molar-refractivity contribution in [2.75, 3.05) is 14.2 Å². The number of hydrogen-bond donors (Lipinski definition) is 1. The molecule has 0 aliphatic carbocycles. The Balaban J connectivity index is 1.97. The summed E-state index contributed by atoms with van der Waals surface area (Å²) in [5.41, 5.74) is 2.06. The van der Waals surface area contributed by atoms with E-state index in [1.807, 2.05) is 24.3 Å². The first-order chi connectivity index (χ1) is 9.72. The third-order valence-corrected chi connectivity index (χ3v) is 3.13. The van der Waals surface area contributed by atoms with Crippen LogP contribution in [0.15, 0.2) is 42.5 Å². The first kappa shape index (κ1) is 14.3. The molecule has 0 atom stereocenters. The number of hydrogen-bond acceptors (Lipinski definition) is 2. The number of benzene rings is 2. The molecule has 0 fully saturated rings. The van der Waals surface area contributed by atoms with Gasteiger partial charge in [-0.3, -0.25) is 0 Å². The van der Waals surface area contributed by atoms with Crippen molar-refractivity contribution in [3.8, 4) is 11.5 Å². The molecule has 0 spiro atoms. The van der Waals surface area contributed by atoms with Gasteiger partial charge in [0, 0.05) is 17.2 Å². The van der Waals surface area contributed by atoms with Crippen LogP contribution in [0.4, 0.5) is 4.39 Å². The summed E-state index contributed by atoms with van der Waals surface area (Å²) in [5, 5.41) is 2.11. The lowest BCUT2D eigenvalue weighted by Gasteiger charge is -2.09. The predicted molar refractivity (Wildman–Crippen MR) is 75.3 cm³/mol. The molecule has 0 radical (unpaired) electrons. The molecule has 0 unspecified atom stereocenters. The summed E-state index contributed by atoms with van der Waals surface area (Å²) in [6.07, 6.45) is 0. The van der Waals surface area contributed by atoms with Crippen molar-refractivity contribution >= 4 is 0 Å². The standard InChI is InChI=1S/C16H18FNO2/c1-19-15-7-6-13(16(9-15)20-2)11-18-10-12-4-3-5-14(17)8-12/h3-9,18H,10-11H2,1-2H3/p+1. The van der Waals surface area contributed by atoms with E-state index in [1.54, 1.807) is 26.4 Å². The van der Waals surface area contributed by atoms with Crippen molar-refractivity contribution in [1.82, 2.24) is 0 Å². The second-order valence-corrected chi connectivity index (χ2v) is 4.50. The van der Waals surface area contributed by atoms with E-state index < -0.39 is 0 Å². The van der Waals surface area contributed by atoms with E-state index in [1.165, 1.54) is 6.07 Å². The van der Waals surface area contributed by atoms with Gasteiger partial charge in [-0.15, -0.1) is 0 Å². The summed E-state index contributed by atoms with van der Waals surface area (Å²) in [7, 11) is 3.27. The van der Waals surface area contributed by atoms with Crippen LogP contribution in [-0.4, -0.2) is 14.2 Å². The molecule has 2 aromatic rings. The highest BCUT2D eigenvalue weighted by Crippen LogP contribution is 2.23. The number of rotatable bonds is 6. The Morgan fingerprint density at radius 1 is 1.00 bits per heavy atom. The fourth-order valence-corrected chi connectivity index (χ4v) is 2.08. The van der Waals surface area contributed by atoms with Crippen molar-refractivity contribution in [2.45, 2.75) is 13.1 Å². The molecule has 2 aromatic carbocycles. The molecule has 0 aromatic heterocycles. The van der Waals surface area contributed by atoms with Crippen LogP contribution in [0.2, 0.25) is 0 Å². The average Bonchev–Trinajstić information content (AvgIpc) is 2.47. The number of ether oxygens (including phenoxy) is 2. The van der Waals surface area contributed by atoms with Gasteiger partial charge in [0.1, 0.15) is 30.4 Å². The van der Waals surface area contributed by atoms with Crippen LogP contribution in [0.25, 0.3) is 0 Å².